The molecule has 6 nitrogen and oxygen atoms in total. The van der Waals surface area contributed by atoms with Crippen molar-refractivity contribution in [3.05, 3.63) is 41.6 Å². The minimum Gasteiger partial charge on any atom is -0.360 e. The van der Waals surface area contributed by atoms with Crippen molar-refractivity contribution in [2.24, 2.45) is 0 Å². The van der Waals surface area contributed by atoms with Crippen molar-refractivity contribution >= 4 is 17.5 Å². The number of benzene rings is 1. The summed E-state index contributed by atoms with van der Waals surface area (Å²) < 4.78 is 0. The monoisotopic (exact) mass is 354 g/mol. The van der Waals surface area contributed by atoms with E-state index in [1.54, 1.807) is 9.80 Å². The second kappa shape index (κ2) is 9.62. The number of hydrogen-bond acceptors (Lipinski definition) is 4. The molecule has 0 bridgehead atoms. The fraction of sp³-hybridized carbons (Fsp3) is 0.450. The van der Waals surface area contributed by atoms with E-state index in [2.05, 4.69) is 24.4 Å². The molecule has 2 rings (SSSR count). The Labute approximate surface area is 155 Å². The zero-order chi connectivity index (χ0) is 18.9. The summed E-state index contributed by atoms with van der Waals surface area (Å²) in [5.41, 5.74) is 2.19. The Kier molecular flexibility index (Phi) is 7.22. The Hall–Kier alpha value is -2.81. The highest BCUT2D eigenvalue weighted by atomic mass is 16.2. The van der Waals surface area contributed by atoms with Crippen LogP contribution in [-0.2, 0) is 16.0 Å². The standard InChI is InChI=1S/C20H26N4O2/c1-3-4-5-17-6-8-19(9-7-17)22-15-18(14-21)20(26)24-12-10-23(11-13-24)16(2)25/h6-9,15,22H,3-5,10-13H2,1-2H3/b18-15-. The summed E-state index contributed by atoms with van der Waals surface area (Å²) in [6.45, 7) is 5.60. The van der Waals surface area contributed by atoms with Crippen LogP contribution in [0, 0.1) is 11.3 Å². The molecule has 1 N–H and O–H groups in total. The van der Waals surface area contributed by atoms with E-state index in [4.69, 9.17) is 0 Å². The second-order valence-electron chi connectivity index (χ2n) is 6.41. The fourth-order valence-corrected chi connectivity index (χ4v) is 2.84. The lowest BCUT2D eigenvalue weighted by Crippen LogP contribution is -2.50. The van der Waals surface area contributed by atoms with E-state index in [9.17, 15) is 14.9 Å². The molecule has 1 fully saturated rings. The first-order valence-corrected chi connectivity index (χ1v) is 9.05. The first kappa shape index (κ1) is 19.5. The maximum atomic E-state index is 12.5. The van der Waals surface area contributed by atoms with Crippen molar-refractivity contribution in [3.8, 4) is 6.07 Å². The van der Waals surface area contributed by atoms with Crippen LogP contribution in [0.3, 0.4) is 0 Å². The number of hydrogen-bond donors (Lipinski definition) is 1. The van der Waals surface area contributed by atoms with Gasteiger partial charge in [0.05, 0.1) is 0 Å². The number of nitrogens with one attached hydrogen (secondary N) is 1. The van der Waals surface area contributed by atoms with Gasteiger partial charge in [0.2, 0.25) is 5.91 Å². The Morgan fingerprint density at radius 3 is 2.31 bits per heavy atom. The molecule has 1 aliphatic heterocycles. The predicted octanol–water partition coefficient (Wildman–Crippen LogP) is 2.54. The Morgan fingerprint density at radius 2 is 1.77 bits per heavy atom. The third-order valence-corrected chi connectivity index (χ3v) is 4.52. The zero-order valence-corrected chi connectivity index (χ0v) is 15.5. The van der Waals surface area contributed by atoms with E-state index < -0.39 is 0 Å². The van der Waals surface area contributed by atoms with Crippen LogP contribution < -0.4 is 5.32 Å². The second-order valence-corrected chi connectivity index (χ2v) is 6.41. The third kappa shape index (κ3) is 5.35. The molecule has 138 valence electrons. The van der Waals surface area contributed by atoms with E-state index in [0.29, 0.717) is 26.2 Å². The van der Waals surface area contributed by atoms with Crippen LogP contribution in [0.2, 0.25) is 0 Å². The molecule has 0 aliphatic carbocycles. The molecule has 1 aromatic rings. The summed E-state index contributed by atoms with van der Waals surface area (Å²) in [7, 11) is 0. The van der Waals surface area contributed by atoms with Crippen molar-refractivity contribution in [1.29, 1.82) is 5.26 Å². The zero-order valence-electron chi connectivity index (χ0n) is 15.5. The molecule has 0 atom stereocenters. The molecule has 6 heteroatoms. The number of amides is 2. The molecule has 0 unspecified atom stereocenters. The van der Waals surface area contributed by atoms with Gasteiger partial charge in [-0.15, -0.1) is 0 Å². The number of carbonyl (C=O) groups is 2. The summed E-state index contributed by atoms with van der Waals surface area (Å²) in [5.74, 6) is -0.292. The molecule has 26 heavy (non-hydrogen) atoms. The van der Waals surface area contributed by atoms with E-state index >= 15 is 0 Å². The molecule has 1 heterocycles. The van der Waals surface area contributed by atoms with E-state index in [0.717, 1.165) is 24.9 Å². The Morgan fingerprint density at radius 1 is 1.15 bits per heavy atom. The SMILES string of the molecule is CCCCc1ccc(N/C=C(/C#N)C(=O)N2CCN(C(C)=O)CC2)cc1. The topological polar surface area (TPSA) is 76.4 Å². The molecular weight excluding hydrogens is 328 g/mol. The molecule has 2 amide bonds. The van der Waals surface area contributed by atoms with Gasteiger partial charge < -0.3 is 15.1 Å². The van der Waals surface area contributed by atoms with Crippen molar-refractivity contribution in [1.82, 2.24) is 9.80 Å². The highest BCUT2D eigenvalue weighted by Gasteiger charge is 2.24. The van der Waals surface area contributed by atoms with Crippen LogP contribution >= 0.6 is 0 Å². The quantitative estimate of drug-likeness (QED) is 0.629. The Balaban J connectivity index is 1.94. The first-order valence-electron chi connectivity index (χ1n) is 9.05. The summed E-state index contributed by atoms with van der Waals surface area (Å²) in [6, 6.07) is 9.98. The fourth-order valence-electron chi connectivity index (χ4n) is 2.84. The molecule has 1 aliphatic rings. The maximum absolute atomic E-state index is 12.5. The van der Waals surface area contributed by atoms with Crippen molar-refractivity contribution in [2.45, 2.75) is 33.1 Å². The highest BCUT2D eigenvalue weighted by Crippen LogP contribution is 2.13. The highest BCUT2D eigenvalue weighted by molar-refractivity contribution is 5.97. The van der Waals surface area contributed by atoms with Gasteiger partial charge in [-0.25, -0.2) is 0 Å². The smallest absolute Gasteiger partial charge is 0.266 e. The molecule has 0 radical (unpaired) electrons. The number of carbonyl (C=O) groups excluding carboxylic acids is 2. The number of nitriles is 1. The van der Waals surface area contributed by atoms with Gasteiger partial charge in [0.1, 0.15) is 11.6 Å². The van der Waals surface area contributed by atoms with E-state index in [-0.39, 0.29) is 17.4 Å². The van der Waals surface area contributed by atoms with Crippen molar-refractivity contribution in [3.63, 3.8) is 0 Å². The summed E-state index contributed by atoms with van der Waals surface area (Å²) in [4.78, 5) is 27.2. The van der Waals surface area contributed by atoms with Crippen molar-refractivity contribution in [2.75, 3.05) is 31.5 Å². The number of piperazine rings is 1. The average molecular weight is 354 g/mol. The van der Waals surface area contributed by atoms with Crippen LogP contribution in [0.15, 0.2) is 36.0 Å². The van der Waals surface area contributed by atoms with Crippen LogP contribution in [0.4, 0.5) is 5.69 Å². The minimum absolute atomic E-state index is 0.0113. The van der Waals surface area contributed by atoms with Gasteiger partial charge in [-0.3, -0.25) is 9.59 Å². The third-order valence-electron chi connectivity index (χ3n) is 4.52. The maximum Gasteiger partial charge on any atom is 0.266 e. The van der Waals surface area contributed by atoms with Gasteiger partial charge in [-0.05, 0) is 30.5 Å². The van der Waals surface area contributed by atoms with Crippen LogP contribution in [0.5, 0.6) is 0 Å². The van der Waals surface area contributed by atoms with Gasteiger partial charge in [-0.2, -0.15) is 5.26 Å². The summed E-state index contributed by atoms with van der Waals surface area (Å²) in [6.07, 6.45) is 4.84. The number of anilines is 1. The van der Waals surface area contributed by atoms with Gasteiger partial charge >= 0.3 is 0 Å². The Bertz CT molecular complexity index is 696. The average Bonchev–Trinajstić information content (AvgIpc) is 2.67. The van der Waals surface area contributed by atoms with E-state index in [1.165, 1.54) is 18.7 Å². The number of rotatable bonds is 6. The van der Waals surface area contributed by atoms with Crippen LogP contribution in [-0.4, -0.2) is 47.8 Å². The normalized spacial score (nSPS) is 14.7. The summed E-state index contributed by atoms with van der Waals surface area (Å²) in [5, 5.41) is 12.3. The largest absolute Gasteiger partial charge is 0.360 e. The number of nitrogens with zero attached hydrogens (tertiary/aromatic N) is 3. The molecule has 1 saturated heterocycles. The van der Waals surface area contributed by atoms with Crippen molar-refractivity contribution < 1.29 is 9.59 Å². The van der Waals surface area contributed by atoms with Gasteiger partial charge in [0.25, 0.3) is 5.91 Å². The summed E-state index contributed by atoms with van der Waals surface area (Å²) >= 11 is 0. The van der Waals surface area contributed by atoms with Gasteiger partial charge in [-0.1, -0.05) is 25.5 Å². The minimum atomic E-state index is -0.303. The molecule has 1 aromatic carbocycles. The van der Waals surface area contributed by atoms with E-state index in [1.807, 2.05) is 18.2 Å². The van der Waals surface area contributed by atoms with Crippen LogP contribution in [0.25, 0.3) is 0 Å². The molecule has 0 aromatic heterocycles. The molecule has 0 spiro atoms. The lowest BCUT2D eigenvalue weighted by molar-refractivity contribution is -0.136. The van der Waals surface area contributed by atoms with Gasteiger partial charge in [0.15, 0.2) is 0 Å². The lowest BCUT2D eigenvalue weighted by atomic mass is 10.1. The molecule has 0 saturated carbocycles. The number of aryl methyl sites for hydroxylation is 1. The van der Waals surface area contributed by atoms with Crippen LogP contribution in [0.1, 0.15) is 32.3 Å². The predicted molar refractivity (Wildman–Crippen MR) is 101 cm³/mol. The van der Waals surface area contributed by atoms with Gasteiger partial charge in [0, 0.05) is 45.0 Å². The molecular formula is C20H26N4O2. The number of unbranched alkanes of at least 4 members (excludes halogenated alkanes) is 1. The lowest BCUT2D eigenvalue weighted by Gasteiger charge is -2.34. The first-order chi connectivity index (χ1) is 12.5.